The molecule has 0 aromatic carbocycles. The van der Waals surface area contributed by atoms with E-state index < -0.39 is 5.91 Å². The maximum absolute atomic E-state index is 12.1. The third-order valence-electron chi connectivity index (χ3n) is 4.91. The Balaban J connectivity index is 0.00000190. The molecule has 9 heteroatoms. The van der Waals surface area contributed by atoms with Gasteiger partial charge in [-0.1, -0.05) is 20.8 Å². The summed E-state index contributed by atoms with van der Waals surface area (Å²) < 4.78 is 0. The molecule has 0 aliphatic carbocycles. The number of carbonyl (C=O) groups is 2. The molecule has 0 radical (unpaired) electrons. The van der Waals surface area contributed by atoms with Crippen molar-refractivity contribution in [2.75, 3.05) is 25.9 Å². The summed E-state index contributed by atoms with van der Waals surface area (Å²) in [5.41, 5.74) is 18.3. The SMILES string of the molecule is CC.CC1CCN(C(=O)CC#N)CC1N(C)/C(=C(/N)C(N)=O)c1cc[nH]c1N. The molecular formula is C19H31N7O2. The van der Waals surface area contributed by atoms with Gasteiger partial charge in [-0.05, 0) is 18.4 Å². The number of H-pyrrole nitrogens is 1. The van der Waals surface area contributed by atoms with Crippen LogP contribution in [0.3, 0.4) is 0 Å². The second-order valence-corrected chi connectivity index (χ2v) is 6.55. The van der Waals surface area contributed by atoms with Crippen LogP contribution in [0.15, 0.2) is 18.0 Å². The molecule has 0 spiro atoms. The van der Waals surface area contributed by atoms with Gasteiger partial charge in [-0.2, -0.15) is 5.26 Å². The van der Waals surface area contributed by atoms with Crippen molar-refractivity contribution in [2.24, 2.45) is 17.4 Å². The minimum atomic E-state index is -0.742. The van der Waals surface area contributed by atoms with E-state index in [1.165, 1.54) is 0 Å². The molecule has 1 fully saturated rings. The lowest BCUT2D eigenvalue weighted by atomic mass is 9.91. The van der Waals surface area contributed by atoms with Gasteiger partial charge in [0.1, 0.15) is 17.9 Å². The summed E-state index contributed by atoms with van der Waals surface area (Å²) in [6.07, 6.45) is 2.28. The number of carbonyl (C=O) groups excluding carboxylic acids is 2. The number of hydrogen-bond donors (Lipinski definition) is 4. The molecule has 0 bridgehead atoms. The minimum Gasteiger partial charge on any atom is -0.393 e. The lowest BCUT2D eigenvalue weighted by Gasteiger charge is -2.43. The number of nitriles is 1. The fourth-order valence-electron chi connectivity index (χ4n) is 3.36. The molecule has 2 atom stereocenters. The number of hydrogen-bond acceptors (Lipinski definition) is 6. The summed E-state index contributed by atoms with van der Waals surface area (Å²) in [5.74, 6) is -0.334. The van der Waals surface area contributed by atoms with Crippen molar-refractivity contribution >= 4 is 23.3 Å². The molecule has 7 N–H and O–H groups in total. The Labute approximate surface area is 166 Å². The van der Waals surface area contributed by atoms with E-state index in [1.54, 1.807) is 24.2 Å². The zero-order valence-electron chi connectivity index (χ0n) is 17.0. The molecule has 1 saturated heterocycles. The monoisotopic (exact) mass is 389 g/mol. The van der Waals surface area contributed by atoms with E-state index in [-0.39, 0.29) is 30.0 Å². The normalized spacial score (nSPS) is 19.6. The highest BCUT2D eigenvalue weighted by Gasteiger charge is 2.34. The largest absolute Gasteiger partial charge is 0.393 e. The summed E-state index contributed by atoms with van der Waals surface area (Å²) in [4.78, 5) is 30.2. The molecular weight excluding hydrogens is 358 g/mol. The lowest BCUT2D eigenvalue weighted by molar-refractivity contribution is -0.132. The van der Waals surface area contributed by atoms with Crippen LogP contribution in [0.5, 0.6) is 0 Å². The number of aromatic nitrogens is 1. The number of amides is 2. The maximum atomic E-state index is 12.1. The molecule has 2 unspecified atom stereocenters. The smallest absolute Gasteiger partial charge is 0.266 e. The number of nitrogens with zero attached hydrogens (tertiary/aromatic N) is 3. The quantitative estimate of drug-likeness (QED) is 0.546. The molecule has 1 aliphatic heterocycles. The second kappa shape index (κ2) is 10.3. The van der Waals surface area contributed by atoms with Gasteiger partial charge in [0.2, 0.25) is 5.91 Å². The van der Waals surface area contributed by atoms with Gasteiger partial charge >= 0.3 is 0 Å². The van der Waals surface area contributed by atoms with Gasteiger partial charge in [-0.15, -0.1) is 0 Å². The highest BCUT2D eigenvalue weighted by atomic mass is 16.2. The van der Waals surface area contributed by atoms with Crippen LogP contribution < -0.4 is 17.2 Å². The Morgan fingerprint density at radius 3 is 2.54 bits per heavy atom. The van der Waals surface area contributed by atoms with Gasteiger partial charge in [0.15, 0.2) is 0 Å². The Kier molecular flexibility index (Phi) is 8.38. The molecule has 0 saturated carbocycles. The standard InChI is InChI=1S/C17H25N7O2.C2H6/c1-10-5-8-24(13(25)3-6-18)9-12(10)23(2)15(14(19)17(21)26)11-4-7-22-16(11)20;1-2/h4,7,10,12,22H,3,5,8-9,19-20H2,1-2H3,(H2,21,26);1-2H3/b15-14+;. The van der Waals surface area contributed by atoms with E-state index in [4.69, 9.17) is 22.5 Å². The molecule has 2 amide bonds. The first kappa shape index (κ1) is 22.9. The Hall–Kier alpha value is -3.15. The van der Waals surface area contributed by atoms with Crippen molar-refractivity contribution in [1.82, 2.24) is 14.8 Å². The molecule has 9 nitrogen and oxygen atoms in total. The lowest BCUT2D eigenvalue weighted by Crippen LogP contribution is -2.52. The number of likely N-dealkylation sites (N-methyl/N-ethyl adjacent to an activating group) is 1. The Bertz CT molecular complexity index is 763. The molecule has 2 heterocycles. The highest BCUT2D eigenvalue weighted by Crippen LogP contribution is 2.31. The number of primary amides is 1. The van der Waals surface area contributed by atoms with E-state index in [9.17, 15) is 9.59 Å². The zero-order valence-corrected chi connectivity index (χ0v) is 17.0. The molecule has 1 aliphatic rings. The van der Waals surface area contributed by atoms with Crippen molar-refractivity contribution in [3.8, 4) is 6.07 Å². The minimum absolute atomic E-state index is 0.0912. The fourth-order valence-corrected chi connectivity index (χ4v) is 3.36. The molecule has 1 aromatic heterocycles. The number of nitrogen functional groups attached to an aromatic ring is 1. The number of nitrogens with two attached hydrogens (primary N) is 3. The number of nitrogens with one attached hydrogen (secondary N) is 1. The van der Waals surface area contributed by atoms with Crippen LogP contribution in [0.25, 0.3) is 5.70 Å². The second-order valence-electron chi connectivity index (χ2n) is 6.55. The maximum Gasteiger partial charge on any atom is 0.266 e. The highest BCUT2D eigenvalue weighted by molar-refractivity contribution is 5.99. The van der Waals surface area contributed by atoms with Crippen LogP contribution >= 0.6 is 0 Å². The van der Waals surface area contributed by atoms with Crippen LogP contribution in [-0.4, -0.2) is 52.8 Å². The van der Waals surface area contributed by atoms with Gasteiger partial charge in [-0.25, -0.2) is 0 Å². The van der Waals surface area contributed by atoms with Crippen LogP contribution in [0.4, 0.5) is 5.82 Å². The first-order chi connectivity index (χ1) is 13.3. The van der Waals surface area contributed by atoms with Crippen LogP contribution in [0.2, 0.25) is 0 Å². The van der Waals surface area contributed by atoms with E-state index in [2.05, 4.69) is 11.9 Å². The van der Waals surface area contributed by atoms with Gasteiger partial charge in [0, 0.05) is 37.9 Å². The summed E-state index contributed by atoms with van der Waals surface area (Å²) >= 11 is 0. The molecule has 28 heavy (non-hydrogen) atoms. The number of rotatable bonds is 5. The number of aromatic amines is 1. The predicted octanol–water partition coefficient (Wildman–Crippen LogP) is 0.818. The van der Waals surface area contributed by atoms with Crippen LogP contribution in [-0.2, 0) is 9.59 Å². The van der Waals surface area contributed by atoms with Gasteiger partial charge in [-0.3, -0.25) is 9.59 Å². The number of piperidine rings is 1. The van der Waals surface area contributed by atoms with Gasteiger partial charge in [0.25, 0.3) is 5.91 Å². The van der Waals surface area contributed by atoms with E-state index in [1.807, 2.05) is 24.8 Å². The zero-order chi connectivity index (χ0) is 21.4. The van der Waals surface area contributed by atoms with Crippen molar-refractivity contribution in [2.45, 2.75) is 39.7 Å². The topological polar surface area (TPSA) is 158 Å². The van der Waals surface area contributed by atoms with Crippen molar-refractivity contribution in [3.05, 3.63) is 23.5 Å². The summed E-state index contributed by atoms with van der Waals surface area (Å²) in [6, 6.07) is 3.51. The summed E-state index contributed by atoms with van der Waals surface area (Å²) in [6.45, 7) is 7.10. The molecule has 2 rings (SSSR count). The van der Waals surface area contributed by atoms with E-state index in [0.717, 1.165) is 6.42 Å². The van der Waals surface area contributed by atoms with E-state index in [0.29, 0.717) is 30.2 Å². The van der Waals surface area contributed by atoms with Gasteiger partial charge in [0.05, 0.1) is 11.8 Å². The van der Waals surface area contributed by atoms with Crippen molar-refractivity contribution < 1.29 is 9.59 Å². The summed E-state index contributed by atoms with van der Waals surface area (Å²) in [7, 11) is 1.80. The molecule has 1 aromatic rings. The van der Waals surface area contributed by atoms with Crippen LogP contribution in [0.1, 0.15) is 39.2 Å². The third kappa shape index (κ3) is 4.97. The Morgan fingerprint density at radius 2 is 2.04 bits per heavy atom. The number of anilines is 1. The first-order valence-corrected chi connectivity index (χ1v) is 9.38. The average molecular weight is 390 g/mol. The predicted molar refractivity (Wildman–Crippen MR) is 109 cm³/mol. The first-order valence-electron chi connectivity index (χ1n) is 9.38. The Morgan fingerprint density at radius 1 is 1.39 bits per heavy atom. The van der Waals surface area contributed by atoms with E-state index >= 15 is 0 Å². The fraction of sp³-hybridized carbons (Fsp3) is 0.526. The number of likely N-dealkylation sites (tertiary alicyclic amines) is 1. The average Bonchev–Trinajstić information content (AvgIpc) is 3.09. The van der Waals surface area contributed by atoms with Crippen LogP contribution in [0, 0.1) is 17.2 Å². The van der Waals surface area contributed by atoms with Gasteiger partial charge < -0.3 is 32.0 Å². The summed E-state index contributed by atoms with van der Waals surface area (Å²) in [5, 5.41) is 8.77. The third-order valence-corrected chi connectivity index (χ3v) is 4.91. The van der Waals surface area contributed by atoms with Crippen molar-refractivity contribution in [1.29, 1.82) is 5.26 Å². The van der Waals surface area contributed by atoms with Crippen molar-refractivity contribution in [3.63, 3.8) is 0 Å². The molecule has 154 valence electrons.